The van der Waals surface area contributed by atoms with Gasteiger partial charge in [0.25, 0.3) is 0 Å². The van der Waals surface area contributed by atoms with Gasteiger partial charge in [-0.1, -0.05) is 0 Å². The number of amides is 2. The lowest BCUT2D eigenvalue weighted by Crippen LogP contribution is -2.39. The lowest BCUT2D eigenvalue weighted by Gasteiger charge is -2.18. The highest BCUT2D eigenvalue weighted by Gasteiger charge is 2.14. The van der Waals surface area contributed by atoms with Crippen LogP contribution in [-0.4, -0.2) is 34.8 Å². The average molecular weight is 236 g/mol. The molecule has 0 unspecified atom stereocenters. The van der Waals surface area contributed by atoms with E-state index in [1.165, 1.54) is 11.1 Å². The minimum absolute atomic E-state index is 0.0652. The van der Waals surface area contributed by atoms with Gasteiger partial charge in [-0.15, -0.1) is 0 Å². The van der Waals surface area contributed by atoms with E-state index in [1.54, 1.807) is 19.1 Å². The number of aromatic nitrogens is 1. The largest absolute Gasteiger partial charge is 0.397 e. The predicted octanol–water partition coefficient (Wildman–Crippen LogP) is -0.460. The van der Waals surface area contributed by atoms with E-state index in [2.05, 4.69) is 4.98 Å². The molecule has 0 aliphatic heterocycles. The third-order valence-electron chi connectivity index (χ3n) is 2.26. The summed E-state index contributed by atoms with van der Waals surface area (Å²) in [4.78, 5) is 28.0. The smallest absolute Gasteiger partial charge is 0.237 e. The van der Waals surface area contributed by atoms with E-state index in [1.807, 2.05) is 0 Å². The molecule has 0 spiro atoms. The summed E-state index contributed by atoms with van der Waals surface area (Å²) in [6.07, 6.45) is 1.63. The second kappa shape index (κ2) is 5.83. The molecule has 0 aromatic carbocycles. The fourth-order valence-electron chi connectivity index (χ4n) is 1.37. The Labute approximate surface area is 99.6 Å². The molecule has 92 valence electrons. The van der Waals surface area contributed by atoms with Crippen molar-refractivity contribution in [3.8, 4) is 0 Å². The quantitative estimate of drug-likeness (QED) is 0.722. The van der Waals surface area contributed by atoms with Crippen LogP contribution >= 0.6 is 0 Å². The highest BCUT2D eigenvalue weighted by atomic mass is 16.2. The Morgan fingerprint density at radius 2 is 2.12 bits per heavy atom. The summed E-state index contributed by atoms with van der Waals surface area (Å²) in [5.74, 6) is -0.700. The normalized spacial score (nSPS) is 9.94. The Hall–Kier alpha value is -2.11. The fraction of sp³-hybridized carbons (Fsp3) is 0.364. The van der Waals surface area contributed by atoms with Crippen LogP contribution in [0.3, 0.4) is 0 Å². The van der Waals surface area contributed by atoms with E-state index in [-0.39, 0.29) is 18.9 Å². The Morgan fingerprint density at radius 1 is 1.41 bits per heavy atom. The number of carbonyl (C=O) groups is 2. The number of nitrogens with two attached hydrogens (primary N) is 2. The summed E-state index contributed by atoms with van der Waals surface area (Å²) in [6.45, 7) is 2.16. The number of anilines is 1. The molecule has 0 aliphatic rings. The van der Waals surface area contributed by atoms with Gasteiger partial charge in [0.05, 0.1) is 24.8 Å². The standard InChI is InChI=1S/C11H16N4O2/c1-2-15(7-10(13)16)11(17)5-9-4-3-8(12)6-14-9/h3-4,6H,2,5,7,12H2,1H3,(H2,13,16). The van der Waals surface area contributed by atoms with Crippen molar-refractivity contribution in [2.75, 3.05) is 18.8 Å². The van der Waals surface area contributed by atoms with Crippen LogP contribution in [0.25, 0.3) is 0 Å². The van der Waals surface area contributed by atoms with Gasteiger partial charge in [0.2, 0.25) is 11.8 Å². The molecule has 1 heterocycles. The number of primary amides is 1. The number of nitrogens with zero attached hydrogens (tertiary/aromatic N) is 2. The van der Waals surface area contributed by atoms with Crippen LogP contribution in [0, 0.1) is 0 Å². The van der Waals surface area contributed by atoms with Gasteiger partial charge in [-0.25, -0.2) is 0 Å². The predicted molar refractivity (Wildman–Crippen MR) is 63.8 cm³/mol. The number of pyridine rings is 1. The lowest BCUT2D eigenvalue weighted by molar-refractivity contribution is -0.134. The topological polar surface area (TPSA) is 102 Å². The molecular formula is C11H16N4O2. The van der Waals surface area contributed by atoms with E-state index in [4.69, 9.17) is 11.5 Å². The van der Waals surface area contributed by atoms with E-state index >= 15 is 0 Å². The molecule has 2 amide bonds. The first-order chi connectivity index (χ1) is 8.02. The molecule has 4 N–H and O–H groups in total. The van der Waals surface area contributed by atoms with Crippen molar-refractivity contribution in [1.82, 2.24) is 9.88 Å². The first kappa shape index (κ1) is 13.0. The molecule has 0 atom stereocenters. The zero-order chi connectivity index (χ0) is 12.8. The van der Waals surface area contributed by atoms with Gasteiger partial charge in [-0.2, -0.15) is 0 Å². The monoisotopic (exact) mass is 236 g/mol. The Balaban J connectivity index is 2.63. The molecule has 0 fully saturated rings. The molecule has 0 radical (unpaired) electrons. The number of likely N-dealkylation sites (N-methyl/N-ethyl adjacent to an activating group) is 1. The van der Waals surface area contributed by atoms with Crippen molar-refractivity contribution >= 4 is 17.5 Å². The number of hydrogen-bond donors (Lipinski definition) is 2. The minimum Gasteiger partial charge on any atom is -0.397 e. The molecule has 0 saturated heterocycles. The van der Waals surface area contributed by atoms with Crippen LogP contribution in [0.15, 0.2) is 18.3 Å². The molecule has 1 rings (SSSR count). The van der Waals surface area contributed by atoms with Gasteiger partial charge in [0, 0.05) is 12.2 Å². The second-order valence-corrected chi connectivity index (χ2v) is 3.63. The van der Waals surface area contributed by atoms with Gasteiger partial charge in [-0.3, -0.25) is 14.6 Å². The van der Waals surface area contributed by atoms with Gasteiger partial charge in [0.15, 0.2) is 0 Å². The zero-order valence-electron chi connectivity index (χ0n) is 9.72. The van der Waals surface area contributed by atoms with Crippen molar-refractivity contribution in [1.29, 1.82) is 0 Å². The number of carbonyl (C=O) groups excluding carboxylic acids is 2. The minimum atomic E-state index is -0.523. The molecule has 6 heteroatoms. The van der Waals surface area contributed by atoms with Gasteiger partial charge >= 0.3 is 0 Å². The molecule has 0 bridgehead atoms. The summed E-state index contributed by atoms with van der Waals surface area (Å²) in [7, 11) is 0. The average Bonchev–Trinajstić information content (AvgIpc) is 2.28. The van der Waals surface area contributed by atoms with Crippen molar-refractivity contribution in [3.05, 3.63) is 24.0 Å². The molecule has 0 saturated carbocycles. The van der Waals surface area contributed by atoms with Crippen molar-refractivity contribution < 1.29 is 9.59 Å². The third-order valence-corrected chi connectivity index (χ3v) is 2.26. The summed E-state index contributed by atoms with van der Waals surface area (Å²) in [5, 5.41) is 0. The van der Waals surface area contributed by atoms with Crippen LogP contribution < -0.4 is 11.5 Å². The maximum atomic E-state index is 11.8. The Bertz CT molecular complexity index is 402. The van der Waals surface area contributed by atoms with E-state index < -0.39 is 5.91 Å². The second-order valence-electron chi connectivity index (χ2n) is 3.63. The fourth-order valence-corrected chi connectivity index (χ4v) is 1.37. The van der Waals surface area contributed by atoms with Crippen molar-refractivity contribution in [2.45, 2.75) is 13.3 Å². The number of rotatable bonds is 5. The molecule has 0 aliphatic carbocycles. The SMILES string of the molecule is CCN(CC(N)=O)C(=O)Cc1ccc(N)cn1. The van der Waals surface area contributed by atoms with E-state index in [0.717, 1.165) is 0 Å². The van der Waals surface area contributed by atoms with E-state index in [9.17, 15) is 9.59 Å². The number of nitrogen functional groups attached to an aromatic ring is 1. The third kappa shape index (κ3) is 4.10. The molecular weight excluding hydrogens is 220 g/mol. The zero-order valence-corrected chi connectivity index (χ0v) is 9.72. The molecule has 6 nitrogen and oxygen atoms in total. The maximum Gasteiger partial charge on any atom is 0.237 e. The first-order valence-corrected chi connectivity index (χ1v) is 5.29. The van der Waals surface area contributed by atoms with Gasteiger partial charge < -0.3 is 16.4 Å². The van der Waals surface area contributed by atoms with Crippen molar-refractivity contribution in [2.24, 2.45) is 5.73 Å². The van der Waals surface area contributed by atoms with Crippen LogP contribution in [0.4, 0.5) is 5.69 Å². The summed E-state index contributed by atoms with van der Waals surface area (Å²) in [6, 6.07) is 3.37. The molecule has 1 aromatic heterocycles. The highest BCUT2D eigenvalue weighted by molar-refractivity contribution is 5.84. The molecule has 1 aromatic rings. The maximum absolute atomic E-state index is 11.8. The van der Waals surface area contributed by atoms with E-state index in [0.29, 0.717) is 17.9 Å². The Morgan fingerprint density at radius 3 is 2.59 bits per heavy atom. The van der Waals surface area contributed by atoms with Crippen molar-refractivity contribution in [3.63, 3.8) is 0 Å². The van der Waals surface area contributed by atoms with Crippen LogP contribution in [0.2, 0.25) is 0 Å². The first-order valence-electron chi connectivity index (χ1n) is 5.29. The van der Waals surface area contributed by atoms with Crippen LogP contribution in [0.1, 0.15) is 12.6 Å². The number of hydrogen-bond acceptors (Lipinski definition) is 4. The van der Waals surface area contributed by atoms with Gasteiger partial charge in [-0.05, 0) is 19.1 Å². The summed E-state index contributed by atoms with van der Waals surface area (Å²) >= 11 is 0. The van der Waals surface area contributed by atoms with Crippen LogP contribution in [-0.2, 0) is 16.0 Å². The Kier molecular flexibility index (Phi) is 4.45. The highest BCUT2D eigenvalue weighted by Crippen LogP contribution is 2.03. The van der Waals surface area contributed by atoms with Gasteiger partial charge in [0.1, 0.15) is 0 Å². The lowest BCUT2D eigenvalue weighted by atomic mass is 10.2. The molecule has 17 heavy (non-hydrogen) atoms. The summed E-state index contributed by atoms with van der Waals surface area (Å²) < 4.78 is 0. The summed E-state index contributed by atoms with van der Waals surface area (Å²) in [5.41, 5.74) is 11.7. The van der Waals surface area contributed by atoms with Crippen LogP contribution in [0.5, 0.6) is 0 Å².